The first kappa shape index (κ1) is 12.6. The van der Waals surface area contributed by atoms with E-state index in [1.807, 2.05) is 7.05 Å². The van der Waals surface area contributed by atoms with Gasteiger partial charge >= 0.3 is 0 Å². The first-order chi connectivity index (χ1) is 8.56. The second-order valence-corrected chi connectivity index (χ2v) is 5.28. The van der Waals surface area contributed by atoms with Crippen molar-refractivity contribution in [2.75, 3.05) is 23.4 Å². The molecule has 0 aliphatic heterocycles. The zero-order valence-corrected chi connectivity index (χ0v) is 11.3. The minimum Gasteiger partial charge on any atom is -0.383 e. The van der Waals surface area contributed by atoms with Gasteiger partial charge in [-0.15, -0.1) is 11.3 Å². The number of hydrogen-bond donors (Lipinski definition) is 2. The second kappa shape index (κ2) is 5.22. The predicted octanol–water partition coefficient (Wildman–Crippen LogP) is 1.77. The van der Waals surface area contributed by atoms with Crippen molar-refractivity contribution in [3.63, 3.8) is 0 Å². The molecule has 2 aromatic rings. The summed E-state index contributed by atoms with van der Waals surface area (Å²) in [5.41, 5.74) is 11.3. The molecule has 5 nitrogen and oxygen atoms in total. The Bertz CT molecular complexity index is 491. The van der Waals surface area contributed by atoms with Crippen LogP contribution in [0, 0.1) is 0 Å². The van der Waals surface area contributed by atoms with Crippen LogP contribution in [0.25, 0.3) is 0 Å². The molecule has 0 radical (unpaired) electrons. The molecule has 0 amide bonds. The van der Waals surface area contributed by atoms with Crippen molar-refractivity contribution < 1.29 is 0 Å². The number of hydrogen-bond acceptors (Lipinski definition) is 6. The summed E-state index contributed by atoms with van der Waals surface area (Å²) in [4.78, 5) is 11.5. The van der Waals surface area contributed by atoms with Gasteiger partial charge in [-0.2, -0.15) is 9.97 Å². The van der Waals surface area contributed by atoms with Gasteiger partial charge in [0.15, 0.2) is 0 Å². The van der Waals surface area contributed by atoms with Gasteiger partial charge in [0.2, 0.25) is 5.95 Å². The highest BCUT2D eigenvalue weighted by Crippen LogP contribution is 2.19. The maximum atomic E-state index is 5.68. The van der Waals surface area contributed by atoms with E-state index in [2.05, 4.69) is 39.3 Å². The van der Waals surface area contributed by atoms with Gasteiger partial charge in [-0.1, -0.05) is 6.07 Å². The average Bonchev–Trinajstić information content (AvgIpc) is 2.79. The van der Waals surface area contributed by atoms with Crippen LogP contribution in [0.1, 0.15) is 11.8 Å². The van der Waals surface area contributed by atoms with Gasteiger partial charge in [0.1, 0.15) is 11.6 Å². The minimum atomic E-state index is 0.208. The minimum absolute atomic E-state index is 0.208. The molecule has 2 rings (SSSR count). The fraction of sp³-hybridized carbons (Fsp3) is 0.333. The van der Waals surface area contributed by atoms with E-state index < -0.39 is 0 Å². The number of likely N-dealkylation sites (N-methyl/N-ethyl adjacent to an activating group) is 1. The lowest BCUT2D eigenvalue weighted by Gasteiger charge is -2.25. The lowest BCUT2D eigenvalue weighted by Crippen LogP contribution is -2.31. The van der Waals surface area contributed by atoms with Crippen LogP contribution < -0.4 is 16.4 Å². The van der Waals surface area contributed by atoms with Gasteiger partial charge in [-0.05, 0) is 18.4 Å². The molecular formula is C12H17N5S. The van der Waals surface area contributed by atoms with E-state index >= 15 is 0 Å². The van der Waals surface area contributed by atoms with E-state index in [1.54, 1.807) is 17.4 Å². The predicted molar refractivity (Wildman–Crippen MR) is 76.7 cm³/mol. The van der Waals surface area contributed by atoms with Gasteiger partial charge in [-0.25, -0.2) is 0 Å². The van der Waals surface area contributed by atoms with Crippen molar-refractivity contribution in [2.24, 2.45) is 0 Å². The number of nitrogens with two attached hydrogens (primary N) is 2. The average molecular weight is 263 g/mol. The normalized spacial score (nSPS) is 12.3. The summed E-state index contributed by atoms with van der Waals surface area (Å²) in [6, 6.07) is 6.25. The highest BCUT2D eigenvalue weighted by molar-refractivity contribution is 7.09. The quantitative estimate of drug-likeness (QED) is 0.878. The molecule has 1 atom stereocenters. The van der Waals surface area contributed by atoms with E-state index in [0.717, 1.165) is 12.2 Å². The third-order valence-corrected chi connectivity index (χ3v) is 3.75. The van der Waals surface area contributed by atoms with E-state index in [-0.39, 0.29) is 5.95 Å². The standard InChI is InChI=1S/C12H17N5S/c1-8(6-9-4-3-5-18-9)17(2)11-7-10(13)15-12(14)16-11/h3-5,7-8H,6H2,1-2H3,(H4,13,14,15,16). The molecule has 0 saturated carbocycles. The van der Waals surface area contributed by atoms with E-state index in [4.69, 9.17) is 11.5 Å². The molecular weight excluding hydrogens is 246 g/mol. The molecule has 0 bridgehead atoms. The van der Waals surface area contributed by atoms with E-state index in [1.165, 1.54) is 4.88 Å². The Morgan fingerprint density at radius 2 is 2.17 bits per heavy atom. The van der Waals surface area contributed by atoms with Crippen LogP contribution in [-0.2, 0) is 6.42 Å². The molecule has 6 heteroatoms. The summed E-state index contributed by atoms with van der Waals surface area (Å²) in [5, 5.41) is 2.09. The zero-order valence-electron chi connectivity index (χ0n) is 10.5. The highest BCUT2D eigenvalue weighted by Gasteiger charge is 2.13. The van der Waals surface area contributed by atoms with Crippen molar-refractivity contribution in [1.29, 1.82) is 0 Å². The van der Waals surface area contributed by atoms with Crippen LogP contribution in [0.2, 0.25) is 0 Å². The number of nitrogen functional groups attached to an aromatic ring is 2. The number of thiophene rings is 1. The Balaban J connectivity index is 2.12. The van der Waals surface area contributed by atoms with Crippen molar-refractivity contribution >= 4 is 28.9 Å². The number of rotatable bonds is 4. The third kappa shape index (κ3) is 2.89. The summed E-state index contributed by atoms with van der Waals surface area (Å²) < 4.78 is 0. The zero-order chi connectivity index (χ0) is 13.1. The van der Waals surface area contributed by atoms with Gasteiger partial charge in [0, 0.05) is 30.5 Å². The van der Waals surface area contributed by atoms with E-state index in [9.17, 15) is 0 Å². The molecule has 18 heavy (non-hydrogen) atoms. The number of aromatic nitrogens is 2. The summed E-state index contributed by atoms with van der Waals surface area (Å²) in [6.45, 7) is 2.15. The van der Waals surface area contributed by atoms with Crippen molar-refractivity contribution in [2.45, 2.75) is 19.4 Å². The molecule has 0 saturated heterocycles. The summed E-state index contributed by atoms with van der Waals surface area (Å²) >= 11 is 1.76. The fourth-order valence-electron chi connectivity index (χ4n) is 1.73. The first-order valence-electron chi connectivity index (χ1n) is 5.71. The number of anilines is 3. The fourth-order valence-corrected chi connectivity index (χ4v) is 2.56. The molecule has 0 aliphatic carbocycles. The number of nitrogens with zero attached hydrogens (tertiary/aromatic N) is 3. The summed E-state index contributed by atoms with van der Waals surface area (Å²) in [5.74, 6) is 1.36. The maximum Gasteiger partial charge on any atom is 0.223 e. The molecule has 0 aliphatic rings. The lowest BCUT2D eigenvalue weighted by molar-refractivity contribution is 0.680. The summed E-state index contributed by atoms with van der Waals surface area (Å²) in [6.07, 6.45) is 0.970. The smallest absolute Gasteiger partial charge is 0.223 e. The largest absolute Gasteiger partial charge is 0.383 e. The maximum absolute atomic E-state index is 5.68. The topological polar surface area (TPSA) is 81.1 Å². The van der Waals surface area contributed by atoms with Crippen LogP contribution in [0.5, 0.6) is 0 Å². The Hall–Kier alpha value is -1.82. The third-order valence-electron chi connectivity index (χ3n) is 2.85. The molecule has 0 spiro atoms. The molecule has 2 heterocycles. The highest BCUT2D eigenvalue weighted by atomic mass is 32.1. The van der Waals surface area contributed by atoms with Crippen LogP contribution in [0.3, 0.4) is 0 Å². The Kier molecular flexibility index (Phi) is 3.66. The summed E-state index contributed by atoms with van der Waals surface area (Å²) in [7, 11) is 1.99. The molecule has 0 aromatic carbocycles. The van der Waals surface area contributed by atoms with Gasteiger partial charge in [0.25, 0.3) is 0 Å². The van der Waals surface area contributed by atoms with Crippen molar-refractivity contribution in [1.82, 2.24) is 9.97 Å². The second-order valence-electron chi connectivity index (χ2n) is 4.25. The van der Waals surface area contributed by atoms with Gasteiger partial charge in [-0.3, -0.25) is 0 Å². The molecule has 96 valence electrons. The molecule has 1 unspecified atom stereocenters. The van der Waals surface area contributed by atoms with Crippen molar-refractivity contribution in [3.05, 3.63) is 28.5 Å². The van der Waals surface area contributed by atoms with E-state index in [0.29, 0.717) is 11.9 Å². The van der Waals surface area contributed by atoms with Crippen LogP contribution >= 0.6 is 11.3 Å². The molecule has 0 fully saturated rings. The molecule has 4 N–H and O–H groups in total. The Labute approximate surface area is 110 Å². The Morgan fingerprint density at radius 3 is 2.78 bits per heavy atom. The van der Waals surface area contributed by atoms with Gasteiger partial charge in [0.05, 0.1) is 0 Å². The van der Waals surface area contributed by atoms with Crippen LogP contribution in [0.4, 0.5) is 17.6 Å². The van der Waals surface area contributed by atoms with Gasteiger partial charge < -0.3 is 16.4 Å². The first-order valence-corrected chi connectivity index (χ1v) is 6.59. The van der Waals surface area contributed by atoms with Crippen molar-refractivity contribution in [3.8, 4) is 0 Å². The molecule has 2 aromatic heterocycles. The lowest BCUT2D eigenvalue weighted by atomic mass is 10.2. The van der Waals surface area contributed by atoms with Crippen LogP contribution in [-0.4, -0.2) is 23.1 Å². The SMILES string of the molecule is CC(Cc1cccs1)N(C)c1cc(N)nc(N)n1. The Morgan fingerprint density at radius 1 is 1.39 bits per heavy atom. The monoisotopic (exact) mass is 263 g/mol. The van der Waals surface area contributed by atoms with Crippen LogP contribution in [0.15, 0.2) is 23.6 Å².